The second-order valence-corrected chi connectivity index (χ2v) is 6.94. The predicted octanol–water partition coefficient (Wildman–Crippen LogP) is 0.236. The van der Waals surface area contributed by atoms with Gasteiger partial charge in [0.2, 0.25) is 0 Å². The van der Waals surface area contributed by atoms with Crippen LogP contribution in [0.15, 0.2) is 12.2 Å². The van der Waals surface area contributed by atoms with Gasteiger partial charge in [0.05, 0.1) is 12.4 Å². The van der Waals surface area contributed by atoms with E-state index in [2.05, 4.69) is 0 Å². The third-order valence-corrected chi connectivity index (χ3v) is 4.66. The number of hydrogen-bond acceptors (Lipinski definition) is 6. The molecular weight excluding hydrogens is 272 g/mol. The smallest absolute Gasteiger partial charge is 0.318 e. The van der Waals surface area contributed by atoms with E-state index in [0.29, 0.717) is 0 Å². The molecule has 1 saturated carbocycles. The predicted molar refractivity (Wildman–Crippen MR) is 64.7 cm³/mol. The molecule has 0 bridgehead atoms. The molecule has 1 aliphatic carbocycles. The topological polar surface area (TPSA) is 78.9 Å². The lowest BCUT2D eigenvalue weighted by Gasteiger charge is -2.19. The van der Waals surface area contributed by atoms with Gasteiger partial charge in [-0.05, 0) is 13.8 Å². The van der Waals surface area contributed by atoms with Gasteiger partial charge in [0, 0.05) is 5.92 Å². The maximum absolute atomic E-state index is 12.1. The van der Waals surface area contributed by atoms with Gasteiger partial charge in [0.25, 0.3) is 10.1 Å². The highest BCUT2D eigenvalue weighted by Gasteiger charge is 2.86. The highest BCUT2D eigenvalue weighted by Crippen LogP contribution is 2.69. The third-order valence-electron chi connectivity index (χ3n) is 4.10. The van der Waals surface area contributed by atoms with Crippen LogP contribution >= 0.6 is 0 Å². The largest absolute Gasteiger partial charge is 0.459 e. The Bertz CT molecular complexity index is 553. The fourth-order valence-electron chi connectivity index (χ4n) is 3.45. The second kappa shape index (κ2) is 3.80. The van der Waals surface area contributed by atoms with Gasteiger partial charge >= 0.3 is 5.97 Å². The lowest BCUT2D eigenvalue weighted by Crippen LogP contribution is -2.32. The SMILES string of the molecule is C/C=C/[C@@H]1O[C@@H]2[C@H](C)OC(=O)[C@@]23[C@H]1[C@H]3OS(C)(=O)=O. The average molecular weight is 288 g/mol. The molecule has 19 heavy (non-hydrogen) atoms. The Kier molecular flexibility index (Phi) is 2.62. The zero-order chi connectivity index (χ0) is 14.0. The van der Waals surface area contributed by atoms with E-state index < -0.39 is 33.7 Å². The number of cyclic esters (lactones) is 1. The van der Waals surface area contributed by atoms with E-state index in [9.17, 15) is 13.2 Å². The molecule has 1 spiro atoms. The molecule has 0 amide bonds. The second-order valence-electron chi connectivity index (χ2n) is 5.34. The fraction of sp³-hybridized carbons (Fsp3) is 0.750. The Hall–Kier alpha value is -0.920. The summed E-state index contributed by atoms with van der Waals surface area (Å²) in [5, 5.41) is 0. The molecule has 0 unspecified atom stereocenters. The van der Waals surface area contributed by atoms with Crippen molar-refractivity contribution in [2.24, 2.45) is 11.3 Å². The van der Waals surface area contributed by atoms with Crippen molar-refractivity contribution >= 4 is 16.1 Å². The molecule has 3 fully saturated rings. The van der Waals surface area contributed by atoms with Crippen LogP contribution in [0.3, 0.4) is 0 Å². The fourth-order valence-corrected chi connectivity index (χ4v) is 4.10. The van der Waals surface area contributed by atoms with Crippen LogP contribution in [0, 0.1) is 11.3 Å². The molecule has 2 aliphatic heterocycles. The standard InChI is InChI=1S/C12H16O6S/c1-4-5-7-8-10(18-19(3,14)15)12(8)9(17-7)6(2)16-11(12)13/h4-10H,1-3H3/b5-4+/t6-,7-,8+,9+,10+,12-/m0/s1. The average Bonchev–Trinajstić information content (AvgIpc) is 2.64. The molecule has 0 N–H and O–H groups in total. The van der Waals surface area contributed by atoms with Crippen LogP contribution in [0.1, 0.15) is 13.8 Å². The number of esters is 1. The van der Waals surface area contributed by atoms with Crippen molar-refractivity contribution in [1.82, 2.24) is 0 Å². The molecule has 2 saturated heterocycles. The maximum atomic E-state index is 12.1. The summed E-state index contributed by atoms with van der Waals surface area (Å²) >= 11 is 0. The molecule has 3 rings (SSSR count). The number of carbonyl (C=O) groups excluding carboxylic acids is 1. The molecule has 7 heteroatoms. The Labute approximate surface area is 111 Å². The number of rotatable bonds is 3. The van der Waals surface area contributed by atoms with Gasteiger partial charge in [-0.3, -0.25) is 8.98 Å². The van der Waals surface area contributed by atoms with Gasteiger partial charge in [0.1, 0.15) is 23.7 Å². The summed E-state index contributed by atoms with van der Waals surface area (Å²) in [5.41, 5.74) is -0.938. The first-order valence-electron chi connectivity index (χ1n) is 6.20. The zero-order valence-electron chi connectivity index (χ0n) is 10.9. The molecular formula is C12H16O6S. The molecule has 0 radical (unpaired) electrons. The van der Waals surface area contributed by atoms with Crippen molar-refractivity contribution in [1.29, 1.82) is 0 Å². The Morgan fingerprint density at radius 1 is 1.42 bits per heavy atom. The summed E-state index contributed by atoms with van der Waals surface area (Å²) < 4.78 is 38.7. The van der Waals surface area contributed by atoms with Crippen molar-refractivity contribution < 1.29 is 26.9 Å². The molecule has 0 aromatic heterocycles. The molecule has 0 aromatic rings. The number of allylic oxidation sites excluding steroid dienone is 1. The van der Waals surface area contributed by atoms with E-state index in [1.54, 1.807) is 6.92 Å². The Morgan fingerprint density at radius 3 is 2.68 bits per heavy atom. The summed E-state index contributed by atoms with van der Waals surface area (Å²) in [7, 11) is -3.61. The molecule has 6 atom stereocenters. The van der Waals surface area contributed by atoms with Crippen molar-refractivity contribution in [3.05, 3.63) is 12.2 Å². The van der Waals surface area contributed by atoms with Crippen molar-refractivity contribution in [3.8, 4) is 0 Å². The zero-order valence-corrected chi connectivity index (χ0v) is 11.7. The van der Waals surface area contributed by atoms with Crippen molar-refractivity contribution in [3.63, 3.8) is 0 Å². The van der Waals surface area contributed by atoms with Crippen LogP contribution in [0.2, 0.25) is 0 Å². The molecule has 3 aliphatic rings. The summed E-state index contributed by atoms with van der Waals surface area (Å²) in [6.45, 7) is 3.60. The van der Waals surface area contributed by atoms with Gasteiger partial charge in [-0.15, -0.1) is 0 Å². The van der Waals surface area contributed by atoms with Gasteiger partial charge < -0.3 is 9.47 Å². The highest BCUT2D eigenvalue weighted by molar-refractivity contribution is 7.86. The molecule has 2 heterocycles. The van der Waals surface area contributed by atoms with Crippen LogP contribution in [-0.2, 0) is 28.6 Å². The summed E-state index contributed by atoms with van der Waals surface area (Å²) in [4.78, 5) is 12.1. The molecule has 0 aromatic carbocycles. The van der Waals surface area contributed by atoms with Crippen molar-refractivity contribution in [2.45, 2.75) is 38.3 Å². The minimum absolute atomic E-state index is 0.277. The molecule has 106 valence electrons. The monoisotopic (exact) mass is 288 g/mol. The van der Waals surface area contributed by atoms with Gasteiger partial charge in [-0.1, -0.05) is 12.2 Å². The first-order chi connectivity index (χ1) is 8.82. The third kappa shape index (κ3) is 1.61. The normalized spacial score (nSPS) is 48.2. The first-order valence-corrected chi connectivity index (χ1v) is 8.01. The first kappa shape index (κ1) is 13.1. The van der Waals surface area contributed by atoms with Crippen LogP contribution < -0.4 is 0 Å². The minimum Gasteiger partial charge on any atom is -0.459 e. The van der Waals surface area contributed by atoms with Crippen molar-refractivity contribution in [2.75, 3.05) is 6.26 Å². The lowest BCUT2D eigenvalue weighted by molar-refractivity contribution is -0.146. The summed E-state index contributed by atoms with van der Waals surface area (Å²) in [6.07, 6.45) is 2.87. The van der Waals surface area contributed by atoms with E-state index in [1.165, 1.54) is 0 Å². The Balaban J connectivity index is 1.96. The number of hydrogen-bond donors (Lipinski definition) is 0. The van der Waals surface area contributed by atoms with Crippen LogP contribution in [0.5, 0.6) is 0 Å². The maximum Gasteiger partial charge on any atom is 0.318 e. The summed E-state index contributed by atoms with van der Waals surface area (Å²) in [6, 6.07) is 0. The van der Waals surface area contributed by atoms with E-state index in [0.717, 1.165) is 6.26 Å². The van der Waals surface area contributed by atoms with Crippen LogP contribution in [-0.4, -0.2) is 45.1 Å². The lowest BCUT2D eigenvalue weighted by atomic mass is 9.97. The quantitative estimate of drug-likeness (QED) is 0.420. The van der Waals surface area contributed by atoms with E-state index in [-0.39, 0.29) is 18.1 Å². The minimum atomic E-state index is -3.61. The Morgan fingerprint density at radius 2 is 2.11 bits per heavy atom. The van der Waals surface area contributed by atoms with E-state index in [1.807, 2.05) is 19.1 Å². The summed E-state index contributed by atoms with van der Waals surface area (Å²) in [5.74, 6) is -0.684. The van der Waals surface area contributed by atoms with Gasteiger partial charge in [-0.25, -0.2) is 0 Å². The van der Waals surface area contributed by atoms with Gasteiger partial charge in [0.15, 0.2) is 0 Å². The van der Waals surface area contributed by atoms with E-state index in [4.69, 9.17) is 13.7 Å². The highest BCUT2D eigenvalue weighted by atomic mass is 32.2. The van der Waals surface area contributed by atoms with Crippen LogP contribution in [0.4, 0.5) is 0 Å². The van der Waals surface area contributed by atoms with Crippen LogP contribution in [0.25, 0.3) is 0 Å². The number of ether oxygens (including phenoxy) is 2. The van der Waals surface area contributed by atoms with Gasteiger partial charge in [-0.2, -0.15) is 8.42 Å². The van der Waals surface area contributed by atoms with E-state index >= 15 is 0 Å². The number of carbonyl (C=O) groups is 1. The molecule has 6 nitrogen and oxygen atoms in total.